The Bertz CT molecular complexity index is 374. The maximum atomic E-state index is 11.2. The van der Waals surface area contributed by atoms with E-state index in [0.29, 0.717) is 18.1 Å². The Kier molecular flexibility index (Phi) is 6.26. The summed E-state index contributed by atoms with van der Waals surface area (Å²) in [5, 5.41) is 9.44. The Hall–Kier alpha value is -1.51. The lowest BCUT2D eigenvalue weighted by Gasteiger charge is -2.15. The zero-order valence-corrected chi connectivity index (χ0v) is 11.2. The molecule has 0 aliphatic carbocycles. The second-order valence-corrected chi connectivity index (χ2v) is 4.64. The number of ether oxygens (including phenoxy) is 1. The van der Waals surface area contributed by atoms with Crippen molar-refractivity contribution in [2.24, 2.45) is 5.92 Å². The van der Waals surface area contributed by atoms with Gasteiger partial charge in [0, 0.05) is 6.42 Å². The third-order valence-electron chi connectivity index (χ3n) is 3.12. The molecule has 0 amide bonds. The predicted octanol–water partition coefficient (Wildman–Crippen LogP) is 3.30. The molecule has 1 rings (SSSR count). The first-order valence-corrected chi connectivity index (χ1v) is 6.50. The minimum atomic E-state index is -0.146. The summed E-state index contributed by atoms with van der Waals surface area (Å²) >= 11 is 0. The van der Waals surface area contributed by atoms with Crippen molar-refractivity contribution < 1.29 is 14.6 Å². The summed E-state index contributed by atoms with van der Waals surface area (Å²) in [6.07, 6.45) is 4.41. The summed E-state index contributed by atoms with van der Waals surface area (Å²) in [5.74, 6) is 0.624. The molecule has 0 aliphatic rings. The minimum Gasteiger partial charge on any atom is -0.508 e. The molecule has 1 atom stereocenters. The van der Waals surface area contributed by atoms with Crippen molar-refractivity contribution in [3.63, 3.8) is 0 Å². The van der Waals surface area contributed by atoms with Gasteiger partial charge in [-0.25, -0.2) is 0 Å². The molecule has 1 N–H and O–H groups in total. The number of phenols is 1. The maximum Gasteiger partial charge on any atom is 0.305 e. The van der Waals surface area contributed by atoms with E-state index in [9.17, 15) is 9.90 Å². The highest BCUT2D eigenvalue weighted by atomic mass is 16.5. The molecule has 0 saturated heterocycles. The van der Waals surface area contributed by atoms with Gasteiger partial charge in [-0.3, -0.25) is 4.79 Å². The van der Waals surface area contributed by atoms with Crippen LogP contribution in [0.25, 0.3) is 0 Å². The van der Waals surface area contributed by atoms with Crippen LogP contribution in [-0.4, -0.2) is 18.2 Å². The molecule has 3 nitrogen and oxygen atoms in total. The highest BCUT2D eigenvalue weighted by molar-refractivity contribution is 5.69. The van der Waals surface area contributed by atoms with Crippen molar-refractivity contribution >= 4 is 5.97 Å². The lowest BCUT2D eigenvalue weighted by Crippen LogP contribution is -2.09. The first-order chi connectivity index (χ1) is 8.65. The average Bonchev–Trinajstić information content (AvgIpc) is 2.36. The van der Waals surface area contributed by atoms with Crippen molar-refractivity contribution in [3.8, 4) is 5.75 Å². The van der Waals surface area contributed by atoms with E-state index in [1.807, 2.05) is 12.1 Å². The number of phenolic OH excluding ortho intramolecular Hbond substituents is 1. The first-order valence-electron chi connectivity index (χ1n) is 6.50. The standard InChI is InChI=1S/C15H22O3/c1-3-5-12(8-9-15(17)18-2)10-13-6-4-7-14(16)11-13/h4,6-7,11-12,16H,3,5,8-10H2,1-2H3/t12-/m0/s1. The van der Waals surface area contributed by atoms with Gasteiger partial charge < -0.3 is 9.84 Å². The average molecular weight is 250 g/mol. The summed E-state index contributed by atoms with van der Waals surface area (Å²) in [7, 11) is 1.42. The largest absolute Gasteiger partial charge is 0.508 e. The number of hydrogen-bond donors (Lipinski definition) is 1. The molecule has 0 heterocycles. The van der Waals surface area contributed by atoms with Crippen LogP contribution in [0.2, 0.25) is 0 Å². The Labute approximate surface area is 109 Å². The van der Waals surface area contributed by atoms with E-state index in [1.165, 1.54) is 7.11 Å². The summed E-state index contributed by atoms with van der Waals surface area (Å²) in [4.78, 5) is 11.2. The number of benzene rings is 1. The number of rotatable bonds is 7. The van der Waals surface area contributed by atoms with Crippen molar-refractivity contribution in [3.05, 3.63) is 29.8 Å². The van der Waals surface area contributed by atoms with E-state index in [-0.39, 0.29) is 5.97 Å². The van der Waals surface area contributed by atoms with Crippen molar-refractivity contribution in [1.82, 2.24) is 0 Å². The number of carbonyl (C=O) groups is 1. The highest BCUT2D eigenvalue weighted by Crippen LogP contribution is 2.21. The van der Waals surface area contributed by atoms with E-state index in [4.69, 9.17) is 0 Å². The Morgan fingerprint density at radius 2 is 2.17 bits per heavy atom. The van der Waals surface area contributed by atoms with Gasteiger partial charge in [0.15, 0.2) is 0 Å². The molecular formula is C15H22O3. The quantitative estimate of drug-likeness (QED) is 0.755. The van der Waals surface area contributed by atoms with Crippen LogP contribution in [0.4, 0.5) is 0 Å². The third kappa shape index (κ3) is 5.21. The fourth-order valence-corrected chi connectivity index (χ4v) is 2.20. The van der Waals surface area contributed by atoms with Crippen molar-refractivity contribution in [2.45, 2.75) is 39.0 Å². The monoisotopic (exact) mass is 250 g/mol. The molecule has 0 aliphatic heterocycles. The van der Waals surface area contributed by atoms with Crippen LogP contribution in [0.1, 0.15) is 38.2 Å². The van der Waals surface area contributed by atoms with Crippen molar-refractivity contribution in [2.75, 3.05) is 7.11 Å². The molecule has 1 aromatic rings. The fraction of sp³-hybridized carbons (Fsp3) is 0.533. The normalized spacial score (nSPS) is 12.1. The Balaban J connectivity index is 2.54. The topological polar surface area (TPSA) is 46.5 Å². The zero-order valence-electron chi connectivity index (χ0n) is 11.2. The molecule has 1 aromatic carbocycles. The number of esters is 1. The molecule has 3 heteroatoms. The van der Waals surface area contributed by atoms with Crippen LogP contribution >= 0.6 is 0 Å². The lowest BCUT2D eigenvalue weighted by molar-refractivity contribution is -0.140. The molecule has 18 heavy (non-hydrogen) atoms. The minimum absolute atomic E-state index is 0.146. The Morgan fingerprint density at radius 1 is 1.39 bits per heavy atom. The second-order valence-electron chi connectivity index (χ2n) is 4.64. The molecule has 0 bridgehead atoms. The summed E-state index contributed by atoms with van der Waals surface area (Å²) in [6, 6.07) is 7.34. The molecule has 100 valence electrons. The molecule has 0 radical (unpaired) electrons. The molecule has 0 fully saturated rings. The number of hydrogen-bond acceptors (Lipinski definition) is 3. The maximum absolute atomic E-state index is 11.2. The Morgan fingerprint density at radius 3 is 2.78 bits per heavy atom. The van der Waals surface area contributed by atoms with Gasteiger partial charge in [0.1, 0.15) is 5.75 Å². The van der Waals surface area contributed by atoms with Crippen LogP contribution in [-0.2, 0) is 16.0 Å². The van der Waals surface area contributed by atoms with Crippen LogP contribution < -0.4 is 0 Å². The van der Waals surface area contributed by atoms with E-state index in [1.54, 1.807) is 12.1 Å². The van der Waals surface area contributed by atoms with Crippen LogP contribution in [0, 0.1) is 5.92 Å². The molecule has 0 unspecified atom stereocenters. The predicted molar refractivity (Wildman–Crippen MR) is 71.5 cm³/mol. The van der Waals surface area contributed by atoms with E-state index < -0.39 is 0 Å². The second kappa shape index (κ2) is 7.75. The van der Waals surface area contributed by atoms with Crippen LogP contribution in [0.5, 0.6) is 5.75 Å². The van der Waals surface area contributed by atoms with E-state index in [2.05, 4.69) is 11.7 Å². The molecule has 0 saturated carbocycles. The number of carbonyl (C=O) groups excluding carboxylic acids is 1. The van der Waals surface area contributed by atoms with Gasteiger partial charge in [0.2, 0.25) is 0 Å². The van der Waals surface area contributed by atoms with Crippen LogP contribution in [0.3, 0.4) is 0 Å². The third-order valence-corrected chi connectivity index (χ3v) is 3.12. The van der Waals surface area contributed by atoms with E-state index >= 15 is 0 Å². The van der Waals surface area contributed by atoms with Gasteiger partial charge in [0.25, 0.3) is 0 Å². The summed E-state index contributed by atoms with van der Waals surface area (Å²) in [5.41, 5.74) is 1.12. The smallest absolute Gasteiger partial charge is 0.305 e. The molecular weight excluding hydrogens is 228 g/mol. The van der Waals surface area contributed by atoms with Crippen molar-refractivity contribution in [1.29, 1.82) is 0 Å². The van der Waals surface area contributed by atoms with Gasteiger partial charge in [-0.1, -0.05) is 31.9 Å². The zero-order chi connectivity index (χ0) is 13.4. The van der Waals surface area contributed by atoms with Gasteiger partial charge in [0.05, 0.1) is 7.11 Å². The molecule has 0 spiro atoms. The summed E-state index contributed by atoms with van der Waals surface area (Å²) < 4.78 is 4.67. The fourth-order valence-electron chi connectivity index (χ4n) is 2.20. The lowest BCUT2D eigenvalue weighted by atomic mass is 9.91. The van der Waals surface area contributed by atoms with E-state index in [0.717, 1.165) is 31.2 Å². The summed E-state index contributed by atoms with van der Waals surface area (Å²) in [6.45, 7) is 2.15. The van der Waals surface area contributed by atoms with Gasteiger partial charge in [-0.15, -0.1) is 0 Å². The molecule has 0 aromatic heterocycles. The number of aromatic hydroxyl groups is 1. The SMILES string of the molecule is CCC[C@@H](CCC(=O)OC)Cc1cccc(O)c1. The van der Waals surface area contributed by atoms with Gasteiger partial charge in [-0.05, 0) is 36.5 Å². The van der Waals surface area contributed by atoms with Gasteiger partial charge >= 0.3 is 5.97 Å². The van der Waals surface area contributed by atoms with Crippen LogP contribution in [0.15, 0.2) is 24.3 Å². The highest BCUT2D eigenvalue weighted by Gasteiger charge is 2.12. The first kappa shape index (κ1) is 14.6. The number of methoxy groups -OCH3 is 1. The van der Waals surface area contributed by atoms with Gasteiger partial charge in [-0.2, -0.15) is 0 Å².